The molecule has 8 heteroatoms. The van der Waals surface area contributed by atoms with Crippen LogP contribution in [0.1, 0.15) is 70.6 Å². The quantitative estimate of drug-likeness (QED) is 0.599. The van der Waals surface area contributed by atoms with Crippen molar-refractivity contribution in [1.82, 2.24) is 0 Å². The van der Waals surface area contributed by atoms with Gasteiger partial charge in [0, 0.05) is 0 Å². The first-order valence-corrected chi connectivity index (χ1v) is 10.6. The van der Waals surface area contributed by atoms with E-state index in [9.17, 15) is 14.4 Å². The van der Waals surface area contributed by atoms with Crippen molar-refractivity contribution in [3.63, 3.8) is 0 Å². The number of carbonyl (C=O) groups is 3. The predicted octanol–water partition coefficient (Wildman–Crippen LogP) is 4.84. The van der Waals surface area contributed by atoms with Crippen molar-refractivity contribution in [3.05, 3.63) is 45.8 Å². The van der Waals surface area contributed by atoms with E-state index in [0.717, 1.165) is 11.3 Å². The summed E-state index contributed by atoms with van der Waals surface area (Å²) in [5, 5.41) is 2.97. The molecule has 1 aromatic heterocycles. The number of hydrogen-bond acceptors (Lipinski definition) is 7. The lowest BCUT2D eigenvalue weighted by atomic mass is 10.1. The highest BCUT2D eigenvalue weighted by Crippen LogP contribution is 2.35. The zero-order chi connectivity index (χ0) is 22.4. The molecule has 0 spiro atoms. The van der Waals surface area contributed by atoms with Crippen LogP contribution in [0.2, 0.25) is 0 Å². The van der Waals surface area contributed by atoms with Gasteiger partial charge in [0.25, 0.3) is 5.91 Å². The van der Waals surface area contributed by atoms with E-state index in [1.807, 2.05) is 6.92 Å². The maximum Gasteiger partial charge on any atom is 0.348 e. The summed E-state index contributed by atoms with van der Waals surface area (Å²) in [7, 11) is 0. The minimum atomic E-state index is -0.615. The highest BCUT2D eigenvalue weighted by atomic mass is 32.1. The molecule has 0 aliphatic carbocycles. The number of ether oxygens (including phenoxy) is 3. The first kappa shape index (κ1) is 23.4. The van der Waals surface area contributed by atoms with Crippen molar-refractivity contribution in [2.45, 2.75) is 53.8 Å². The molecule has 30 heavy (non-hydrogen) atoms. The van der Waals surface area contributed by atoms with Crippen molar-refractivity contribution in [1.29, 1.82) is 0 Å². The summed E-state index contributed by atoms with van der Waals surface area (Å²) in [5.74, 6) is -1.20. The molecule has 2 rings (SSSR count). The number of para-hydroxylation sites is 1. The summed E-state index contributed by atoms with van der Waals surface area (Å²) >= 11 is 0.986. The number of amides is 1. The zero-order valence-corrected chi connectivity index (χ0v) is 18.8. The third-order valence-corrected chi connectivity index (χ3v) is 5.07. The van der Waals surface area contributed by atoms with Crippen molar-refractivity contribution in [2.24, 2.45) is 0 Å². The number of rotatable bonds is 8. The molecule has 1 N–H and O–H groups in total. The Hall–Kier alpha value is -2.87. The van der Waals surface area contributed by atoms with Crippen LogP contribution in [0.15, 0.2) is 24.3 Å². The van der Waals surface area contributed by atoms with Gasteiger partial charge >= 0.3 is 11.9 Å². The Morgan fingerprint density at radius 1 is 1.00 bits per heavy atom. The van der Waals surface area contributed by atoms with E-state index < -0.39 is 17.8 Å². The Morgan fingerprint density at radius 2 is 1.60 bits per heavy atom. The molecule has 0 saturated carbocycles. The molecular weight excluding hydrogens is 406 g/mol. The summed E-state index contributed by atoms with van der Waals surface area (Å²) in [6, 6.07) is 6.80. The number of thiophene rings is 1. The van der Waals surface area contributed by atoms with Crippen LogP contribution in [0.25, 0.3) is 0 Å². The Kier molecular flexibility index (Phi) is 8.00. The van der Waals surface area contributed by atoms with E-state index in [1.165, 1.54) is 0 Å². The van der Waals surface area contributed by atoms with Gasteiger partial charge in [0.05, 0.1) is 29.9 Å². The molecule has 0 unspecified atom stereocenters. The molecule has 1 amide bonds. The van der Waals surface area contributed by atoms with Gasteiger partial charge in [0.2, 0.25) is 0 Å². The number of esters is 2. The van der Waals surface area contributed by atoms with Crippen LogP contribution in [-0.2, 0) is 9.47 Å². The number of benzene rings is 1. The molecule has 0 saturated heterocycles. The van der Waals surface area contributed by atoms with E-state index in [2.05, 4.69) is 5.32 Å². The summed E-state index contributed by atoms with van der Waals surface area (Å²) in [5.41, 5.74) is 0.872. The molecule has 0 atom stereocenters. The Morgan fingerprint density at radius 3 is 2.20 bits per heavy atom. The minimum Gasteiger partial charge on any atom is -0.493 e. The van der Waals surface area contributed by atoms with Crippen molar-refractivity contribution < 1.29 is 28.6 Å². The molecule has 2 aromatic rings. The molecular formula is C22H27NO6S. The summed E-state index contributed by atoms with van der Waals surface area (Å²) < 4.78 is 16.1. The van der Waals surface area contributed by atoms with E-state index in [4.69, 9.17) is 14.2 Å². The predicted molar refractivity (Wildman–Crippen MR) is 116 cm³/mol. The van der Waals surface area contributed by atoms with Gasteiger partial charge in [-0.05, 0) is 59.2 Å². The van der Waals surface area contributed by atoms with Crippen LogP contribution >= 0.6 is 11.3 Å². The van der Waals surface area contributed by atoms with Gasteiger partial charge in [-0.25, -0.2) is 9.59 Å². The molecule has 0 fully saturated rings. The molecule has 1 heterocycles. The van der Waals surface area contributed by atoms with Gasteiger partial charge in [-0.2, -0.15) is 0 Å². The number of carbonyl (C=O) groups excluding carboxylic acids is 3. The maximum absolute atomic E-state index is 12.9. The number of hydrogen-bond donors (Lipinski definition) is 1. The normalized spacial score (nSPS) is 10.8. The first-order chi connectivity index (χ1) is 14.1. The molecule has 7 nitrogen and oxygen atoms in total. The second-order valence-corrected chi connectivity index (χ2v) is 8.07. The van der Waals surface area contributed by atoms with Crippen LogP contribution in [0.4, 0.5) is 5.00 Å². The monoisotopic (exact) mass is 433 g/mol. The van der Waals surface area contributed by atoms with Gasteiger partial charge in [0.15, 0.2) is 0 Å². The summed E-state index contributed by atoms with van der Waals surface area (Å²) in [6.45, 7) is 10.8. The van der Waals surface area contributed by atoms with Crippen molar-refractivity contribution >= 4 is 34.2 Å². The SMILES string of the molecule is CCOc1ccccc1C(=O)Nc1sc(C(=O)OC(C)C)c(C)c1C(=O)OC(C)C. The second-order valence-electron chi connectivity index (χ2n) is 7.05. The molecule has 0 aliphatic rings. The van der Waals surface area contributed by atoms with Crippen LogP contribution in [-0.4, -0.2) is 36.7 Å². The fourth-order valence-electron chi connectivity index (χ4n) is 2.69. The summed E-state index contributed by atoms with van der Waals surface area (Å²) in [6.07, 6.45) is -0.675. The maximum atomic E-state index is 12.9. The van der Waals surface area contributed by atoms with Gasteiger partial charge in [-0.15, -0.1) is 11.3 Å². The van der Waals surface area contributed by atoms with Crippen molar-refractivity contribution in [2.75, 3.05) is 11.9 Å². The lowest BCUT2D eigenvalue weighted by molar-refractivity contribution is 0.0378. The smallest absolute Gasteiger partial charge is 0.348 e. The topological polar surface area (TPSA) is 90.9 Å². The van der Waals surface area contributed by atoms with Crippen LogP contribution in [0, 0.1) is 6.92 Å². The average Bonchev–Trinajstić information content (AvgIpc) is 2.97. The first-order valence-electron chi connectivity index (χ1n) is 9.74. The largest absolute Gasteiger partial charge is 0.493 e. The highest BCUT2D eigenvalue weighted by Gasteiger charge is 2.29. The van der Waals surface area contributed by atoms with Gasteiger partial charge in [-0.1, -0.05) is 12.1 Å². The van der Waals surface area contributed by atoms with E-state index in [0.29, 0.717) is 23.5 Å². The third kappa shape index (κ3) is 5.60. The van der Waals surface area contributed by atoms with Crippen LogP contribution in [0.5, 0.6) is 5.75 Å². The highest BCUT2D eigenvalue weighted by molar-refractivity contribution is 7.18. The minimum absolute atomic E-state index is 0.145. The second kappa shape index (κ2) is 10.2. The van der Waals surface area contributed by atoms with Gasteiger partial charge in [0.1, 0.15) is 15.6 Å². The van der Waals surface area contributed by atoms with Crippen molar-refractivity contribution in [3.8, 4) is 5.75 Å². The van der Waals surface area contributed by atoms with Gasteiger partial charge in [-0.3, -0.25) is 4.79 Å². The van der Waals surface area contributed by atoms with Crippen LogP contribution < -0.4 is 10.1 Å². The number of nitrogens with one attached hydrogen (secondary N) is 1. The molecule has 1 aromatic carbocycles. The lowest BCUT2D eigenvalue weighted by Gasteiger charge is -2.12. The zero-order valence-electron chi connectivity index (χ0n) is 18.0. The fraction of sp³-hybridized carbons (Fsp3) is 0.409. The fourth-order valence-corrected chi connectivity index (χ4v) is 3.76. The van der Waals surface area contributed by atoms with E-state index >= 15 is 0 Å². The molecule has 0 bridgehead atoms. The van der Waals surface area contributed by atoms with Crippen LogP contribution in [0.3, 0.4) is 0 Å². The third-order valence-electron chi connectivity index (χ3n) is 3.88. The Labute approximate surface area is 180 Å². The molecule has 0 aliphatic heterocycles. The standard InChI is InChI=1S/C22H27NO6S/c1-7-27-16-11-9-8-10-15(16)19(24)23-20-17(21(25)28-12(2)3)14(6)18(30-20)22(26)29-13(4)5/h8-13H,7H2,1-6H3,(H,23,24). The Balaban J connectivity index is 2.46. The van der Waals surface area contributed by atoms with E-state index in [-0.39, 0.29) is 27.6 Å². The van der Waals surface area contributed by atoms with E-state index in [1.54, 1.807) is 58.9 Å². The van der Waals surface area contributed by atoms with Gasteiger partial charge < -0.3 is 19.5 Å². The average molecular weight is 434 g/mol. The Bertz CT molecular complexity index is 932. The molecule has 0 radical (unpaired) electrons. The molecule has 162 valence electrons. The summed E-state index contributed by atoms with van der Waals surface area (Å²) in [4.78, 5) is 38.3. The lowest BCUT2D eigenvalue weighted by Crippen LogP contribution is -2.17. The number of anilines is 1.